The van der Waals surface area contributed by atoms with Crippen LogP contribution in [0.25, 0.3) is 0 Å². The van der Waals surface area contributed by atoms with Crippen molar-refractivity contribution in [2.75, 3.05) is 135 Å². The first kappa shape index (κ1) is 45.7. The van der Waals surface area contributed by atoms with E-state index in [4.69, 9.17) is 0 Å². The normalized spacial score (nSPS) is 11.1. The van der Waals surface area contributed by atoms with Crippen molar-refractivity contribution in [1.29, 1.82) is 0 Å². The Kier molecular flexibility index (Phi) is 18.3. The molecular weight excluding hydrogens is 765 g/mol. The molecule has 0 saturated heterocycles. The van der Waals surface area contributed by atoms with E-state index in [-0.39, 0.29) is 52.9 Å². The van der Waals surface area contributed by atoms with Crippen molar-refractivity contribution < 1.29 is 40.9 Å². The Balaban J connectivity index is 1.57. The van der Waals surface area contributed by atoms with E-state index >= 15 is 0 Å². The first-order valence-corrected chi connectivity index (χ1v) is 20.4. The molecule has 5 aromatic rings. The Morgan fingerprint density at radius 1 is 0.200 bits per heavy atom. The van der Waals surface area contributed by atoms with Gasteiger partial charge in [-0.05, 0) is 121 Å². The highest BCUT2D eigenvalue weighted by molar-refractivity contribution is 5.82. The van der Waals surface area contributed by atoms with E-state index in [1.165, 1.54) is 0 Å². The molecule has 5 aromatic carbocycles. The Morgan fingerprint density at radius 3 is 0.433 bits per heavy atom. The molecule has 0 unspecified atom stereocenters. The van der Waals surface area contributed by atoms with Crippen molar-refractivity contribution in [2.45, 2.75) is 0 Å². The van der Waals surface area contributed by atoms with Gasteiger partial charge in [-0.15, -0.1) is 0 Å². The van der Waals surface area contributed by atoms with E-state index in [0.29, 0.717) is 52.4 Å². The quantitative estimate of drug-likeness (QED) is 0.0404. The largest absolute Gasteiger partial charge is 0.395 e. The zero-order valence-corrected chi connectivity index (χ0v) is 34.1. The van der Waals surface area contributed by atoms with Crippen LogP contribution in [0.5, 0.6) is 0 Å². The lowest BCUT2D eigenvalue weighted by atomic mass is 10.1. The summed E-state index contributed by atoms with van der Waals surface area (Å²) in [7, 11) is 0. The van der Waals surface area contributed by atoms with Gasteiger partial charge in [0.2, 0.25) is 0 Å². The third-order valence-electron chi connectivity index (χ3n) is 10.2. The van der Waals surface area contributed by atoms with Crippen molar-refractivity contribution in [1.82, 2.24) is 0 Å². The van der Waals surface area contributed by atoms with E-state index in [2.05, 4.69) is 34.1 Å². The number of nitrogens with zero attached hydrogens (tertiary/aromatic N) is 6. The van der Waals surface area contributed by atoms with Crippen LogP contribution in [-0.2, 0) is 0 Å². The van der Waals surface area contributed by atoms with Crippen LogP contribution in [0.1, 0.15) is 0 Å². The molecule has 0 saturated carbocycles. The second-order valence-corrected chi connectivity index (χ2v) is 14.0. The second kappa shape index (κ2) is 24.0. The Labute approximate surface area is 352 Å². The van der Waals surface area contributed by atoms with Gasteiger partial charge in [-0.1, -0.05) is 0 Å². The van der Waals surface area contributed by atoms with Crippen LogP contribution in [0.4, 0.5) is 56.9 Å². The fraction of sp³-hybridized carbons (Fsp3) is 0.348. The highest BCUT2D eigenvalue weighted by atomic mass is 16.3. The lowest BCUT2D eigenvalue weighted by Gasteiger charge is -2.30. The number of aliphatic hydroxyl groups is 8. The molecular formula is C46H60N6O8. The first-order chi connectivity index (χ1) is 29.4. The van der Waals surface area contributed by atoms with Crippen LogP contribution >= 0.6 is 0 Å². The van der Waals surface area contributed by atoms with Crippen molar-refractivity contribution in [3.8, 4) is 0 Å². The Morgan fingerprint density at radius 2 is 0.317 bits per heavy atom. The molecule has 0 aliphatic rings. The first-order valence-electron chi connectivity index (χ1n) is 20.4. The van der Waals surface area contributed by atoms with Crippen molar-refractivity contribution in [2.24, 2.45) is 0 Å². The molecule has 0 aliphatic heterocycles. The Bertz CT molecular complexity index is 1650. The molecule has 0 aromatic heterocycles. The molecule has 0 radical (unpaired) electrons. The highest BCUT2D eigenvalue weighted by Gasteiger charge is 2.19. The summed E-state index contributed by atoms with van der Waals surface area (Å²) in [5.41, 5.74) is 8.75. The average molecular weight is 825 g/mol. The molecule has 0 spiro atoms. The minimum Gasteiger partial charge on any atom is -0.395 e. The minimum absolute atomic E-state index is 0.0425. The van der Waals surface area contributed by atoms with Gasteiger partial charge in [-0.3, -0.25) is 0 Å². The van der Waals surface area contributed by atoms with Gasteiger partial charge in [-0.25, -0.2) is 0 Å². The average Bonchev–Trinajstić information content (AvgIpc) is 3.28. The lowest BCUT2D eigenvalue weighted by molar-refractivity contribution is 0.280. The smallest absolute Gasteiger partial charge is 0.0606 e. The predicted molar refractivity (Wildman–Crippen MR) is 241 cm³/mol. The van der Waals surface area contributed by atoms with E-state index in [1.54, 1.807) is 0 Å². The van der Waals surface area contributed by atoms with Crippen LogP contribution in [0.3, 0.4) is 0 Å². The summed E-state index contributed by atoms with van der Waals surface area (Å²) in [6.45, 7) is 2.77. The molecule has 0 atom stereocenters. The van der Waals surface area contributed by atoms with E-state index in [9.17, 15) is 40.9 Å². The summed E-state index contributed by atoms with van der Waals surface area (Å²) in [5.74, 6) is 0. The third kappa shape index (κ3) is 11.9. The van der Waals surface area contributed by atoms with Gasteiger partial charge in [0.1, 0.15) is 0 Å². The van der Waals surface area contributed by atoms with Gasteiger partial charge < -0.3 is 70.3 Å². The van der Waals surface area contributed by atoms with Crippen LogP contribution in [0.15, 0.2) is 121 Å². The number of benzene rings is 5. The van der Waals surface area contributed by atoms with Crippen LogP contribution in [-0.4, -0.2) is 146 Å². The minimum atomic E-state index is -0.0425. The van der Waals surface area contributed by atoms with Gasteiger partial charge in [0.15, 0.2) is 0 Å². The molecule has 0 aliphatic carbocycles. The molecule has 8 N–H and O–H groups in total. The fourth-order valence-electron chi connectivity index (χ4n) is 7.34. The van der Waals surface area contributed by atoms with Gasteiger partial charge in [0.05, 0.1) is 52.9 Å². The van der Waals surface area contributed by atoms with Crippen LogP contribution in [0.2, 0.25) is 0 Å². The van der Waals surface area contributed by atoms with Crippen LogP contribution in [0, 0.1) is 0 Å². The number of hydrogen-bond donors (Lipinski definition) is 8. The van der Waals surface area contributed by atoms with Crippen molar-refractivity contribution in [3.63, 3.8) is 0 Å². The molecule has 0 amide bonds. The zero-order chi connectivity index (χ0) is 42.7. The maximum atomic E-state index is 9.64. The maximum absolute atomic E-state index is 9.64. The molecule has 0 heterocycles. The fourth-order valence-corrected chi connectivity index (χ4v) is 7.34. The van der Waals surface area contributed by atoms with Crippen molar-refractivity contribution in [3.05, 3.63) is 121 Å². The number of aliphatic hydroxyl groups excluding tert-OH is 8. The number of rotatable bonds is 26. The molecule has 14 heteroatoms. The molecule has 0 bridgehead atoms. The Hall–Kier alpha value is -5.42. The van der Waals surface area contributed by atoms with Crippen molar-refractivity contribution >= 4 is 56.9 Å². The van der Waals surface area contributed by atoms with E-state index in [1.807, 2.05) is 117 Å². The topological polar surface area (TPSA) is 181 Å². The summed E-state index contributed by atoms with van der Waals surface area (Å²) in [5, 5.41) is 77.2. The summed E-state index contributed by atoms with van der Waals surface area (Å²) in [6, 6.07) is 40.0. The van der Waals surface area contributed by atoms with E-state index in [0.717, 1.165) is 56.9 Å². The monoisotopic (exact) mass is 824 g/mol. The van der Waals surface area contributed by atoms with E-state index < -0.39 is 0 Å². The molecule has 0 fully saturated rings. The summed E-state index contributed by atoms with van der Waals surface area (Å²) >= 11 is 0. The zero-order valence-electron chi connectivity index (χ0n) is 34.1. The molecule has 322 valence electrons. The number of hydrogen-bond acceptors (Lipinski definition) is 14. The SMILES string of the molecule is OCCN(CCO)c1ccc(N(c2ccc(N(CCO)CCO)cc2)c2ccc(N(c3ccc(N(CCO)CCO)cc3)c3ccc(N(CCO)CCO)cc3)cc2)cc1. The molecule has 60 heavy (non-hydrogen) atoms. The second-order valence-electron chi connectivity index (χ2n) is 14.0. The summed E-state index contributed by atoms with van der Waals surface area (Å²) < 4.78 is 0. The van der Waals surface area contributed by atoms with Gasteiger partial charge >= 0.3 is 0 Å². The summed E-state index contributed by atoms with van der Waals surface area (Å²) in [6.07, 6.45) is 0. The van der Waals surface area contributed by atoms with Crippen LogP contribution < -0.4 is 29.4 Å². The highest BCUT2D eigenvalue weighted by Crippen LogP contribution is 2.40. The van der Waals surface area contributed by atoms with Gasteiger partial charge in [0, 0.05) is 109 Å². The summed E-state index contributed by atoms with van der Waals surface area (Å²) in [4.78, 5) is 12.0. The standard InChI is InChI=1S/C46H60N6O8/c53-29-21-47(22-30-54)37-1-9-41(10-2-37)51(42-11-3-38(4-12-42)48(23-31-55)24-32-56)45-17-19-46(20-18-45)52(43-13-5-39(6-14-43)49(25-33-57)26-34-58)44-15-7-40(8-16-44)50(27-35-59)28-36-60/h1-20,53-60H,21-36H2. The van der Waals surface area contributed by atoms with Gasteiger partial charge in [-0.2, -0.15) is 0 Å². The number of anilines is 10. The maximum Gasteiger partial charge on any atom is 0.0606 e. The predicted octanol–water partition coefficient (Wildman–Crippen LogP) is 3.79. The lowest BCUT2D eigenvalue weighted by Crippen LogP contribution is -2.29. The third-order valence-corrected chi connectivity index (χ3v) is 10.2. The van der Waals surface area contributed by atoms with Gasteiger partial charge in [0.25, 0.3) is 0 Å². The molecule has 14 nitrogen and oxygen atoms in total. The molecule has 5 rings (SSSR count).